The average Bonchev–Trinajstić information content (AvgIpc) is 2.80. The molecule has 1 heterocycles. The average molecular weight is 318 g/mol. The van der Waals surface area contributed by atoms with Crippen LogP contribution in [0.5, 0.6) is 0 Å². The van der Waals surface area contributed by atoms with Crippen LogP contribution in [-0.2, 0) is 21.3 Å². The molecule has 8 heteroatoms. The molecule has 0 aliphatic carbocycles. The summed E-state index contributed by atoms with van der Waals surface area (Å²) in [5.41, 5.74) is 1.43. The molecular weight excluding hydrogens is 292 g/mol. The molecule has 0 aliphatic heterocycles. The van der Waals surface area contributed by atoms with Gasteiger partial charge in [0, 0.05) is 37.6 Å². The predicted molar refractivity (Wildman–Crippen MR) is 81.6 cm³/mol. The third kappa shape index (κ3) is 5.74. The molecule has 0 unspecified atom stereocenters. The van der Waals surface area contributed by atoms with Crippen LogP contribution in [0.15, 0.2) is 5.03 Å². The second-order valence-corrected chi connectivity index (χ2v) is 6.56. The van der Waals surface area contributed by atoms with Crippen LogP contribution in [0.25, 0.3) is 0 Å². The van der Waals surface area contributed by atoms with Crippen LogP contribution in [0.1, 0.15) is 37.4 Å². The van der Waals surface area contributed by atoms with Crippen molar-refractivity contribution in [3.8, 4) is 0 Å². The van der Waals surface area contributed by atoms with E-state index in [1.54, 1.807) is 14.0 Å². The molecule has 0 saturated heterocycles. The van der Waals surface area contributed by atoms with E-state index in [4.69, 9.17) is 4.74 Å². The fourth-order valence-electron chi connectivity index (χ4n) is 1.83. The van der Waals surface area contributed by atoms with E-state index >= 15 is 0 Å². The van der Waals surface area contributed by atoms with E-state index < -0.39 is 10.0 Å². The van der Waals surface area contributed by atoms with Gasteiger partial charge in [-0.2, -0.15) is 5.10 Å². The molecule has 0 bridgehead atoms. The maximum atomic E-state index is 12.2. The van der Waals surface area contributed by atoms with Gasteiger partial charge in [-0.1, -0.05) is 13.3 Å². The van der Waals surface area contributed by atoms with Crippen molar-refractivity contribution in [2.45, 2.75) is 44.7 Å². The lowest BCUT2D eigenvalue weighted by molar-refractivity contribution is 0.130. The summed E-state index contributed by atoms with van der Waals surface area (Å²) in [5, 5.41) is 9.64. The Balaban J connectivity index is 2.47. The number of nitrogens with zero attached hydrogens (tertiary/aromatic N) is 1. The van der Waals surface area contributed by atoms with E-state index in [0.717, 1.165) is 25.1 Å². The highest BCUT2D eigenvalue weighted by Gasteiger charge is 2.22. The van der Waals surface area contributed by atoms with E-state index in [9.17, 15) is 8.42 Å². The van der Waals surface area contributed by atoms with Gasteiger partial charge in [-0.3, -0.25) is 5.10 Å². The standard InChI is InChI=1S/C13H26N4O3S/c1-4-5-8-20-9-6-7-15-21(18,19)13-12(10-14-3)11(2)16-17-13/h14-15H,4-10H2,1-3H3,(H,16,17). The van der Waals surface area contributed by atoms with Crippen LogP contribution >= 0.6 is 0 Å². The summed E-state index contributed by atoms with van der Waals surface area (Å²) in [6, 6.07) is 0. The van der Waals surface area contributed by atoms with Gasteiger partial charge >= 0.3 is 0 Å². The normalized spacial score (nSPS) is 12.0. The minimum absolute atomic E-state index is 0.0706. The number of ether oxygens (including phenoxy) is 1. The maximum Gasteiger partial charge on any atom is 0.260 e. The number of rotatable bonds is 11. The van der Waals surface area contributed by atoms with Crippen LogP contribution in [-0.4, -0.2) is 45.4 Å². The van der Waals surface area contributed by atoms with E-state index in [0.29, 0.717) is 31.7 Å². The fraction of sp³-hybridized carbons (Fsp3) is 0.769. The molecule has 0 atom stereocenters. The molecule has 0 aliphatic rings. The zero-order valence-corrected chi connectivity index (χ0v) is 13.8. The molecule has 0 radical (unpaired) electrons. The van der Waals surface area contributed by atoms with Gasteiger partial charge in [0.1, 0.15) is 0 Å². The van der Waals surface area contributed by atoms with Crippen molar-refractivity contribution in [2.75, 3.05) is 26.8 Å². The lowest BCUT2D eigenvalue weighted by atomic mass is 10.3. The first-order valence-corrected chi connectivity index (χ1v) is 8.77. The lowest BCUT2D eigenvalue weighted by Gasteiger charge is -2.07. The first kappa shape index (κ1) is 18.1. The summed E-state index contributed by atoms with van der Waals surface area (Å²) in [6.07, 6.45) is 2.78. The highest BCUT2D eigenvalue weighted by atomic mass is 32.2. The third-order valence-electron chi connectivity index (χ3n) is 3.04. The number of aryl methyl sites for hydroxylation is 1. The topological polar surface area (TPSA) is 96.1 Å². The summed E-state index contributed by atoms with van der Waals surface area (Å²) in [6.45, 7) is 6.00. The minimum Gasteiger partial charge on any atom is -0.381 e. The molecule has 21 heavy (non-hydrogen) atoms. The highest BCUT2D eigenvalue weighted by molar-refractivity contribution is 7.89. The zero-order chi connectivity index (χ0) is 15.7. The number of unbranched alkanes of at least 4 members (excludes halogenated alkanes) is 1. The predicted octanol–water partition coefficient (Wildman–Crippen LogP) is 0.923. The number of hydrogen-bond donors (Lipinski definition) is 3. The summed E-state index contributed by atoms with van der Waals surface area (Å²) < 4.78 is 32.4. The first-order valence-electron chi connectivity index (χ1n) is 7.28. The molecule has 0 fully saturated rings. The van der Waals surface area contributed by atoms with Crippen molar-refractivity contribution in [2.24, 2.45) is 0 Å². The van der Waals surface area contributed by atoms with Crippen molar-refractivity contribution >= 4 is 10.0 Å². The van der Waals surface area contributed by atoms with Crippen LogP contribution in [0.2, 0.25) is 0 Å². The molecule has 7 nitrogen and oxygen atoms in total. The Kier molecular flexibility index (Phi) is 7.87. The molecule has 122 valence electrons. The van der Waals surface area contributed by atoms with Gasteiger partial charge in [-0.05, 0) is 26.8 Å². The van der Waals surface area contributed by atoms with Crippen molar-refractivity contribution in [1.29, 1.82) is 0 Å². The van der Waals surface area contributed by atoms with Crippen LogP contribution < -0.4 is 10.0 Å². The Bertz CT molecular complexity index is 513. The van der Waals surface area contributed by atoms with Crippen LogP contribution in [0.4, 0.5) is 0 Å². The quantitative estimate of drug-likeness (QED) is 0.527. The number of nitrogens with one attached hydrogen (secondary N) is 3. The maximum absolute atomic E-state index is 12.2. The SMILES string of the molecule is CCCCOCCCNS(=O)(=O)c1n[nH]c(C)c1CNC. The highest BCUT2D eigenvalue weighted by Crippen LogP contribution is 2.15. The Morgan fingerprint density at radius 3 is 2.67 bits per heavy atom. The second kappa shape index (κ2) is 9.14. The molecule has 0 aromatic carbocycles. The van der Waals surface area contributed by atoms with Crippen molar-refractivity contribution < 1.29 is 13.2 Å². The van der Waals surface area contributed by atoms with E-state index in [2.05, 4.69) is 27.2 Å². The van der Waals surface area contributed by atoms with Gasteiger partial charge in [0.15, 0.2) is 5.03 Å². The summed E-state index contributed by atoms with van der Waals surface area (Å²) >= 11 is 0. The Morgan fingerprint density at radius 2 is 2.00 bits per heavy atom. The Labute approximate surface area is 126 Å². The molecule has 0 spiro atoms. The molecule has 0 amide bonds. The summed E-state index contributed by atoms with van der Waals surface area (Å²) in [5.74, 6) is 0. The summed E-state index contributed by atoms with van der Waals surface area (Å²) in [7, 11) is -1.81. The van der Waals surface area contributed by atoms with Crippen molar-refractivity contribution in [1.82, 2.24) is 20.2 Å². The van der Waals surface area contributed by atoms with E-state index in [1.807, 2.05) is 0 Å². The van der Waals surface area contributed by atoms with E-state index in [-0.39, 0.29) is 5.03 Å². The molecular formula is C13H26N4O3S. The van der Waals surface area contributed by atoms with Gasteiger partial charge in [-0.25, -0.2) is 13.1 Å². The molecule has 1 aromatic rings. The molecule has 1 rings (SSSR count). The van der Waals surface area contributed by atoms with Crippen LogP contribution in [0.3, 0.4) is 0 Å². The Morgan fingerprint density at radius 1 is 1.29 bits per heavy atom. The van der Waals surface area contributed by atoms with Gasteiger partial charge in [0.2, 0.25) is 0 Å². The molecule has 3 N–H and O–H groups in total. The van der Waals surface area contributed by atoms with Crippen molar-refractivity contribution in [3.05, 3.63) is 11.3 Å². The number of aromatic amines is 1. The minimum atomic E-state index is -3.58. The summed E-state index contributed by atoms with van der Waals surface area (Å²) in [4.78, 5) is 0. The Hall–Kier alpha value is -0.960. The lowest BCUT2D eigenvalue weighted by Crippen LogP contribution is -2.27. The molecule has 0 saturated carbocycles. The van der Waals surface area contributed by atoms with Crippen molar-refractivity contribution in [3.63, 3.8) is 0 Å². The monoisotopic (exact) mass is 318 g/mol. The van der Waals surface area contributed by atoms with Gasteiger partial charge in [-0.15, -0.1) is 0 Å². The van der Waals surface area contributed by atoms with E-state index in [1.165, 1.54) is 0 Å². The van der Waals surface area contributed by atoms with Gasteiger partial charge in [0.25, 0.3) is 10.0 Å². The zero-order valence-electron chi connectivity index (χ0n) is 13.0. The van der Waals surface area contributed by atoms with Crippen LogP contribution in [0, 0.1) is 6.92 Å². The number of sulfonamides is 1. The third-order valence-corrected chi connectivity index (χ3v) is 4.47. The smallest absolute Gasteiger partial charge is 0.260 e. The first-order chi connectivity index (χ1) is 10.0. The van der Waals surface area contributed by atoms with Gasteiger partial charge < -0.3 is 10.1 Å². The fourth-order valence-corrected chi connectivity index (χ4v) is 3.10. The second-order valence-electron chi connectivity index (χ2n) is 4.88. The molecule has 1 aromatic heterocycles. The van der Waals surface area contributed by atoms with Gasteiger partial charge in [0.05, 0.1) is 0 Å². The largest absolute Gasteiger partial charge is 0.381 e. The number of aromatic nitrogens is 2. The number of hydrogen-bond acceptors (Lipinski definition) is 5. The number of H-pyrrole nitrogens is 1.